The Hall–Kier alpha value is -1.60. The number of hydrogen-bond donors (Lipinski definition) is 6. The molecule has 1 amide bonds. The van der Waals surface area contributed by atoms with Gasteiger partial charge in [-0.15, -0.1) is 0 Å². The van der Waals surface area contributed by atoms with E-state index in [0.717, 1.165) is 51.4 Å². The number of unbranched alkanes of at least 4 members (excludes halogenated alkanes) is 61. The third-order valence-corrected chi connectivity index (χ3v) is 20.2. The summed E-state index contributed by atoms with van der Waals surface area (Å²) in [5.74, 6) is -0.151. The molecule has 552 valence electrons. The number of carbonyl (C=O) groups excluding carboxylic acids is 2. The smallest absolute Gasteiger partial charge is 0.305 e. The van der Waals surface area contributed by atoms with Crippen molar-refractivity contribution in [2.75, 3.05) is 19.8 Å². The molecule has 0 aromatic heterocycles. The molecule has 11 nitrogen and oxygen atoms in total. The van der Waals surface area contributed by atoms with Crippen LogP contribution in [0.2, 0.25) is 0 Å². The number of aliphatic hydroxyl groups is 5. The van der Waals surface area contributed by atoms with Gasteiger partial charge in [-0.2, -0.15) is 0 Å². The Labute approximate surface area is 576 Å². The quantitative estimate of drug-likeness (QED) is 0.0195. The van der Waals surface area contributed by atoms with Crippen molar-refractivity contribution in [3.05, 3.63) is 12.2 Å². The molecule has 1 fully saturated rings. The molecule has 93 heavy (non-hydrogen) atoms. The summed E-state index contributed by atoms with van der Waals surface area (Å²) in [5.41, 5.74) is 0. The van der Waals surface area contributed by atoms with Crippen molar-refractivity contribution in [2.24, 2.45) is 0 Å². The van der Waals surface area contributed by atoms with E-state index < -0.39 is 49.5 Å². The van der Waals surface area contributed by atoms with Crippen LogP contribution in [0.3, 0.4) is 0 Å². The molecule has 0 aromatic rings. The van der Waals surface area contributed by atoms with Crippen LogP contribution in [0.5, 0.6) is 0 Å². The summed E-state index contributed by atoms with van der Waals surface area (Å²) in [6.07, 6.45) is 81.3. The van der Waals surface area contributed by atoms with Gasteiger partial charge in [-0.05, 0) is 32.1 Å². The molecule has 0 bridgehead atoms. The van der Waals surface area contributed by atoms with Crippen molar-refractivity contribution in [1.29, 1.82) is 0 Å². The van der Waals surface area contributed by atoms with Gasteiger partial charge in [-0.1, -0.05) is 405 Å². The molecule has 0 aromatic carbocycles. The fraction of sp³-hybridized carbons (Fsp3) is 0.951. The maximum Gasteiger partial charge on any atom is 0.305 e. The number of ether oxygens (including phenoxy) is 3. The van der Waals surface area contributed by atoms with Crippen molar-refractivity contribution in [2.45, 2.75) is 480 Å². The number of allylic oxidation sites excluding steroid dienone is 1. The van der Waals surface area contributed by atoms with Gasteiger partial charge < -0.3 is 45.1 Å². The molecule has 7 unspecified atom stereocenters. The molecular formula is C82H159NO10. The number of carbonyl (C=O) groups is 2. The van der Waals surface area contributed by atoms with Crippen molar-refractivity contribution in [3.8, 4) is 0 Å². The fourth-order valence-electron chi connectivity index (χ4n) is 13.7. The van der Waals surface area contributed by atoms with Gasteiger partial charge in [-0.25, -0.2) is 0 Å². The number of nitrogens with one attached hydrogen (secondary N) is 1. The summed E-state index contributed by atoms with van der Waals surface area (Å²) >= 11 is 0. The summed E-state index contributed by atoms with van der Waals surface area (Å²) in [7, 11) is 0. The first-order chi connectivity index (χ1) is 45.7. The summed E-state index contributed by atoms with van der Waals surface area (Å²) in [6.45, 7) is 4.40. The van der Waals surface area contributed by atoms with Crippen LogP contribution < -0.4 is 5.32 Å². The highest BCUT2D eigenvalue weighted by molar-refractivity contribution is 5.76. The molecule has 0 spiro atoms. The van der Waals surface area contributed by atoms with Crippen molar-refractivity contribution in [1.82, 2.24) is 5.32 Å². The van der Waals surface area contributed by atoms with Crippen molar-refractivity contribution < 1.29 is 49.3 Å². The van der Waals surface area contributed by atoms with Crippen molar-refractivity contribution >= 4 is 11.9 Å². The Morgan fingerprint density at radius 3 is 1.00 bits per heavy atom. The SMILES string of the molecule is CCCCCCCCCCC/C=C/C(O)C(COC1OC(CO)C(O)C(O)C1O)NC(=O)CCCCCCCCCCCCCCCCCCCCCCCCCCCCCCCCCCCCCCCCCOC(=O)CCCCCCCCCCCCCCCCC. The van der Waals surface area contributed by atoms with Gasteiger partial charge in [0.1, 0.15) is 24.4 Å². The topological polar surface area (TPSA) is 175 Å². The van der Waals surface area contributed by atoms with Gasteiger partial charge in [0.2, 0.25) is 5.91 Å². The zero-order valence-electron chi connectivity index (χ0n) is 61.8. The third kappa shape index (κ3) is 60.1. The normalized spacial score (nSPS) is 17.4. The van der Waals surface area contributed by atoms with Crippen molar-refractivity contribution in [3.63, 3.8) is 0 Å². The second-order valence-corrected chi connectivity index (χ2v) is 29.2. The maximum absolute atomic E-state index is 13.1. The van der Waals surface area contributed by atoms with Gasteiger partial charge >= 0.3 is 5.97 Å². The summed E-state index contributed by atoms with van der Waals surface area (Å²) in [4.78, 5) is 25.2. The highest BCUT2D eigenvalue weighted by Crippen LogP contribution is 2.24. The molecule has 1 rings (SSSR count). The first-order valence-corrected chi connectivity index (χ1v) is 41.5. The zero-order valence-corrected chi connectivity index (χ0v) is 61.8. The summed E-state index contributed by atoms with van der Waals surface area (Å²) in [6, 6.07) is -0.804. The van der Waals surface area contributed by atoms with E-state index >= 15 is 0 Å². The molecule has 6 N–H and O–H groups in total. The van der Waals surface area contributed by atoms with E-state index in [2.05, 4.69) is 19.2 Å². The van der Waals surface area contributed by atoms with Gasteiger partial charge in [0, 0.05) is 12.8 Å². The van der Waals surface area contributed by atoms with Crippen LogP contribution in [0, 0.1) is 0 Å². The van der Waals surface area contributed by atoms with Gasteiger partial charge in [-0.3, -0.25) is 9.59 Å². The van der Waals surface area contributed by atoms with Gasteiger partial charge in [0.25, 0.3) is 0 Å². The highest BCUT2D eigenvalue weighted by atomic mass is 16.7. The lowest BCUT2D eigenvalue weighted by Crippen LogP contribution is -2.60. The first kappa shape index (κ1) is 89.4. The zero-order chi connectivity index (χ0) is 67.2. The number of hydrogen-bond acceptors (Lipinski definition) is 10. The molecule has 0 radical (unpaired) electrons. The van der Waals surface area contributed by atoms with Crippen LogP contribution >= 0.6 is 0 Å². The average Bonchev–Trinajstić information content (AvgIpc) is 0.962. The third-order valence-electron chi connectivity index (χ3n) is 20.2. The van der Waals surface area contributed by atoms with Crippen LogP contribution in [0.15, 0.2) is 12.2 Å². The lowest BCUT2D eigenvalue weighted by molar-refractivity contribution is -0.302. The fourth-order valence-corrected chi connectivity index (χ4v) is 13.7. The Bertz CT molecular complexity index is 1550. The number of amides is 1. The Morgan fingerprint density at radius 1 is 0.387 bits per heavy atom. The molecule has 1 aliphatic rings. The Balaban J connectivity index is 1.84. The van der Waals surface area contributed by atoms with E-state index in [9.17, 15) is 35.1 Å². The molecule has 0 aliphatic carbocycles. The molecule has 0 saturated carbocycles. The van der Waals surface area contributed by atoms with E-state index in [4.69, 9.17) is 14.2 Å². The van der Waals surface area contributed by atoms with Crippen LogP contribution in [0.4, 0.5) is 0 Å². The van der Waals surface area contributed by atoms with Gasteiger partial charge in [0.05, 0.1) is 32.0 Å². The highest BCUT2D eigenvalue weighted by Gasteiger charge is 2.44. The minimum Gasteiger partial charge on any atom is -0.466 e. The number of rotatable bonds is 75. The number of esters is 1. The summed E-state index contributed by atoms with van der Waals surface area (Å²) < 4.78 is 16.8. The standard InChI is InChI=1S/C82H159NO10/c1-3-5-7-9-11-13-15-16-42-46-50-54-58-62-66-70-78(87)91-71-67-63-59-55-51-47-44-41-39-37-35-33-31-29-27-25-23-21-19-17-18-20-22-24-26-28-30-32-34-36-38-40-43-45-49-53-57-61-65-69-77(86)83-74(73-92-82-81(90)80(89)79(88)76(72-84)93-82)75(85)68-64-60-56-52-48-14-12-10-8-6-4-2/h64,68,74-76,79-82,84-85,88-90H,3-63,65-67,69-73H2,1-2H3,(H,83,86)/b68-64+. The minimum atomic E-state index is -1.57. The molecule has 7 atom stereocenters. The minimum absolute atomic E-state index is 0.0224. The van der Waals surface area contributed by atoms with E-state index in [1.807, 2.05) is 6.08 Å². The van der Waals surface area contributed by atoms with E-state index in [-0.39, 0.29) is 18.5 Å². The second kappa shape index (κ2) is 71.7. The second-order valence-electron chi connectivity index (χ2n) is 29.2. The average molecular weight is 1320 g/mol. The predicted octanol–water partition coefficient (Wildman–Crippen LogP) is 22.5. The monoisotopic (exact) mass is 1320 g/mol. The number of aliphatic hydroxyl groups excluding tert-OH is 5. The Kier molecular flexibility index (Phi) is 68.9. The summed E-state index contributed by atoms with van der Waals surface area (Å²) in [5, 5.41) is 54.5. The van der Waals surface area contributed by atoms with E-state index in [0.29, 0.717) is 19.4 Å². The van der Waals surface area contributed by atoms with E-state index in [1.165, 1.54) is 360 Å². The first-order valence-electron chi connectivity index (χ1n) is 41.5. The largest absolute Gasteiger partial charge is 0.466 e. The molecule has 1 aliphatic heterocycles. The molecular weight excluding hydrogens is 1160 g/mol. The lowest BCUT2D eigenvalue weighted by atomic mass is 9.99. The maximum atomic E-state index is 13.1. The molecule has 1 heterocycles. The van der Waals surface area contributed by atoms with Crippen LogP contribution in [-0.2, 0) is 23.8 Å². The Morgan fingerprint density at radius 2 is 0.677 bits per heavy atom. The van der Waals surface area contributed by atoms with E-state index in [1.54, 1.807) is 6.08 Å². The van der Waals surface area contributed by atoms with Crippen LogP contribution in [0.1, 0.15) is 438 Å². The molecule has 11 heteroatoms. The molecule has 1 saturated heterocycles. The lowest BCUT2D eigenvalue weighted by Gasteiger charge is -2.40. The van der Waals surface area contributed by atoms with Gasteiger partial charge in [0.15, 0.2) is 6.29 Å². The predicted molar refractivity (Wildman–Crippen MR) is 394 cm³/mol. The van der Waals surface area contributed by atoms with Crippen LogP contribution in [0.25, 0.3) is 0 Å². The van der Waals surface area contributed by atoms with Crippen LogP contribution in [-0.4, -0.2) is 100 Å².